The van der Waals surface area contributed by atoms with Crippen LogP contribution in [-0.2, 0) is 16.0 Å². The van der Waals surface area contributed by atoms with Crippen LogP contribution in [0.4, 0.5) is 10.5 Å². The van der Waals surface area contributed by atoms with Crippen molar-refractivity contribution in [2.75, 3.05) is 12.4 Å². The first-order chi connectivity index (χ1) is 9.97. The average Bonchev–Trinajstić information content (AvgIpc) is 2.47. The molecule has 0 aromatic heterocycles. The van der Waals surface area contributed by atoms with E-state index in [1.54, 1.807) is 24.3 Å². The Hall–Kier alpha value is -2.97. The summed E-state index contributed by atoms with van der Waals surface area (Å²) in [7, 11) is 1.21. The second-order valence-electron chi connectivity index (χ2n) is 4.11. The van der Waals surface area contributed by atoms with E-state index >= 15 is 0 Å². The van der Waals surface area contributed by atoms with Crippen LogP contribution in [-0.4, -0.2) is 41.6 Å². The second kappa shape index (κ2) is 7.58. The van der Waals surface area contributed by atoms with Crippen LogP contribution in [0.25, 0.3) is 0 Å². The fourth-order valence-corrected chi connectivity index (χ4v) is 1.50. The number of urea groups is 1. The maximum atomic E-state index is 11.4. The lowest BCUT2D eigenvalue weighted by Gasteiger charge is -2.12. The zero-order chi connectivity index (χ0) is 15.8. The Balaban J connectivity index is 2.69. The monoisotopic (exact) mass is 294 g/mol. The molecular formula is C12H14N4O5. The fourth-order valence-electron chi connectivity index (χ4n) is 1.50. The Kier molecular flexibility index (Phi) is 5.80. The van der Waals surface area contributed by atoms with E-state index in [4.69, 9.17) is 5.11 Å². The highest BCUT2D eigenvalue weighted by molar-refractivity contribution is 5.88. The smallest absolute Gasteiger partial charge is 0.344 e. The molecule has 1 rings (SSSR count). The second-order valence-corrected chi connectivity index (χ2v) is 4.11. The molecule has 9 heteroatoms. The van der Waals surface area contributed by atoms with Gasteiger partial charge in [-0.2, -0.15) is 5.01 Å². The summed E-state index contributed by atoms with van der Waals surface area (Å²) < 4.78 is 0. The minimum atomic E-state index is -1.14. The summed E-state index contributed by atoms with van der Waals surface area (Å²) in [5.41, 5.74) is 1.09. The lowest BCUT2D eigenvalue weighted by atomic mass is 10.1. The Morgan fingerprint density at radius 2 is 2.00 bits per heavy atom. The van der Waals surface area contributed by atoms with Gasteiger partial charge >= 0.3 is 12.0 Å². The molecule has 0 fully saturated rings. The Labute approximate surface area is 119 Å². The first-order valence-corrected chi connectivity index (χ1v) is 5.87. The molecule has 0 aliphatic rings. The molecule has 0 saturated heterocycles. The first kappa shape index (κ1) is 16.1. The summed E-state index contributed by atoms with van der Waals surface area (Å²) in [6.45, 7) is 0. The van der Waals surface area contributed by atoms with E-state index in [0.717, 1.165) is 0 Å². The van der Waals surface area contributed by atoms with Gasteiger partial charge in [0.2, 0.25) is 6.41 Å². The van der Waals surface area contributed by atoms with Crippen LogP contribution in [0.3, 0.4) is 0 Å². The third-order valence-electron chi connectivity index (χ3n) is 2.63. The molecule has 0 aliphatic carbocycles. The molecule has 0 heterocycles. The van der Waals surface area contributed by atoms with Crippen LogP contribution in [0.15, 0.2) is 29.6 Å². The van der Waals surface area contributed by atoms with E-state index in [2.05, 4.69) is 15.9 Å². The minimum Gasteiger partial charge on any atom is -0.480 e. The standard InChI is InChI=1S/C12H14N4O5/c1-16(15-21)12(20)14-9-4-2-8(3-5-9)6-10(11(18)19)13-7-17/h2-5,7,10H,6H2,1H3,(H,13,17)(H,14,20)(H,18,19). The molecular weight excluding hydrogens is 280 g/mol. The fraction of sp³-hybridized carbons (Fsp3) is 0.250. The van der Waals surface area contributed by atoms with Gasteiger partial charge < -0.3 is 15.7 Å². The third kappa shape index (κ3) is 4.90. The number of hydrogen-bond donors (Lipinski definition) is 3. The lowest BCUT2D eigenvalue weighted by Crippen LogP contribution is -2.37. The number of carbonyl (C=O) groups excluding carboxylic acids is 2. The van der Waals surface area contributed by atoms with Gasteiger partial charge in [-0.25, -0.2) is 9.59 Å². The highest BCUT2D eigenvalue weighted by Gasteiger charge is 2.16. The van der Waals surface area contributed by atoms with Gasteiger partial charge in [-0.1, -0.05) is 12.1 Å². The topological polar surface area (TPSA) is 128 Å². The Morgan fingerprint density at radius 1 is 1.38 bits per heavy atom. The maximum absolute atomic E-state index is 11.4. The quantitative estimate of drug-likeness (QED) is 0.385. The summed E-state index contributed by atoms with van der Waals surface area (Å²) >= 11 is 0. The summed E-state index contributed by atoms with van der Waals surface area (Å²) in [6, 6.07) is 4.59. The molecule has 1 unspecified atom stereocenters. The summed E-state index contributed by atoms with van der Waals surface area (Å²) in [6.07, 6.45) is 0.438. The van der Waals surface area contributed by atoms with Crippen LogP contribution in [0.2, 0.25) is 0 Å². The molecule has 0 bridgehead atoms. The molecule has 21 heavy (non-hydrogen) atoms. The van der Waals surface area contributed by atoms with E-state index < -0.39 is 18.0 Å². The number of carbonyl (C=O) groups is 3. The number of hydrogen-bond acceptors (Lipinski definition) is 5. The number of benzene rings is 1. The van der Waals surface area contributed by atoms with E-state index in [9.17, 15) is 19.3 Å². The van der Waals surface area contributed by atoms with Crippen LogP contribution >= 0.6 is 0 Å². The Bertz CT molecular complexity index is 531. The number of nitroso groups, excluding NO2 is 1. The molecule has 3 amide bonds. The molecule has 1 aromatic rings. The van der Waals surface area contributed by atoms with Crippen molar-refractivity contribution in [3.05, 3.63) is 34.7 Å². The predicted octanol–water partition coefficient (Wildman–Crippen LogP) is 0.573. The van der Waals surface area contributed by atoms with Crippen molar-refractivity contribution < 1.29 is 19.5 Å². The van der Waals surface area contributed by atoms with E-state index in [-0.39, 0.29) is 6.42 Å². The number of amides is 3. The molecule has 9 nitrogen and oxygen atoms in total. The number of carboxylic acid groups (broad SMARTS) is 1. The van der Waals surface area contributed by atoms with Crippen molar-refractivity contribution in [3.8, 4) is 0 Å². The van der Waals surface area contributed by atoms with Gasteiger partial charge in [0.05, 0.1) is 5.29 Å². The van der Waals surface area contributed by atoms with Gasteiger partial charge in [0.1, 0.15) is 6.04 Å². The van der Waals surface area contributed by atoms with Crippen molar-refractivity contribution in [3.63, 3.8) is 0 Å². The molecule has 0 aliphatic heterocycles. The zero-order valence-electron chi connectivity index (χ0n) is 11.1. The van der Waals surface area contributed by atoms with Crippen molar-refractivity contribution in [2.45, 2.75) is 12.5 Å². The summed E-state index contributed by atoms with van der Waals surface area (Å²) in [5.74, 6) is -1.14. The highest BCUT2D eigenvalue weighted by atomic mass is 16.4. The summed E-state index contributed by atoms with van der Waals surface area (Å²) in [4.78, 5) is 42.7. The molecule has 1 atom stereocenters. The molecule has 0 radical (unpaired) electrons. The number of carboxylic acids is 1. The molecule has 3 N–H and O–H groups in total. The maximum Gasteiger partial charge on any atom is 0.344 e. The zero-order valence-corrected chi connectivity index (χ0v) is 11.1. The van der Waals surface area contributed by atoms with Gasteiger partial charge in [-0.3, -0.25) is 4.79 Å². The predicted molar refractivity (Wildman–Crippen MR) is 73.3 cm³/mol. The van der Waals surface area contributed by atoms with Crippen LogP contribution < -0.4 is 10.6 Å². The molecule has 0 spiro atoms. The first-order valence-electron chi connectivity index (χ1n) is 5.87. The Morgan fingerprint density at radius 3 is 2.48 bits per heavy atom. The van der Waals surface area contributed by atoms with Crippen molar-refractivity contribution in [2.24, 2.45) is 5.29 Å². The third-order valence-corrected chi connectivity index (χ3v) is 2.63. The number of rotatable bonds is 7. The van der Waals surface area contributed by atoms with Gasteiger partial charge in [0.25, 0.3) is 0 Å². The largest absolute Gasteiger partial charge is 0.480 e. The van der Waals surface area contributed by atoms with Gasteiger partial charge in [0, 0.05) is 19.2 Å². The van der Waals surface area contributed by atoms with E-state index in [1.807, 2.05) is 0 Å². The van der Waals surface area contributed by atoms with E-state index in [1.165, 1.54) is 7.05 Å². The van der Waals surface area contributed by atoms with Crippen molar-refractivity contribution in [1.29, 1.82) is 0 Å². The van der Waals surface area contributed by atoms with Crippen LogP contribution in [0.5, 0.6) is 0 Å². The van der Waals surface area contributed by atoms with E-state index in [0.29, 0.717) is 22.7 Å². The molecule has 1 aromatic carbocycles. The molecule has 112 valence electrons. The molecule has 0 saturated carbocycles. The van der Waals surface area contributed by atoms with Crippen molar-refractivity contribution in [1.82, 2.24) is 10.3 Å². The van der Waals surface area contributed by atoms with Crippen LogP contribution in [0, 0.1) is 4.91 Å². The van der Waals surface area contributed by atoms with Gasteiger partial charge in [-0.15, -0.1) is 4.91 Å². The van der Waals surface area contributed by atoms with Gasteiger partial charge in [-0.05, 0) is 17.7 Å². The number of nitrogens with one attached hydrogen (secondary N) is 2. The minimum absolute atomic E-state index is 0.109. The van der Waals surface area contributed by atoms with Crippen molar-refractivity contribution >= 4 is 24.1 Å². The number of aliphatic carboxylic acids is 1. The average molecular weight is 294 g/mol. The number of nitrogens with zero attached hydrogens (tertiary/aromatic N) is 2. The number of anilines is 1. The highest BCUT2D eigenvalue weighted by Crippen LogP contribution is 2.12. The van der Waals surface area contributed by atoms with Crippen LogP contribution in [0.1, 0.15) is 5.56 Å². The SMILES string of the molecule is CN(N=O)C(=O)Nc1ccc(CC(NC=O)C(=O)O)cc1. The summed E-state index contributed by atoms with van der Waals surface area (Å²) in [5, 5.41) is 16.6. The normalized spacial score (nSPS) is 11.1. The lowest BCUT2D eigenvalue weighted by molar-refractivity contribution is -0.140. The van der Waals surface area contributed by atoms with Gasteiger partial charge in [0.15, 0.2) is 0 Å².